The Morgan fingerprint density at radius 3 is 2.68 bits per heavy atom. The van der Waals surface area contributed by atoms with E-state index in [2.05, 4.69) is 5.32 Å². The van der Waals surface area contributed by atoms with Crippen molar-refractivity contribution in [2.24, 2.45) is 0 Å². The first-order valence-electron chi connectivity index (χ1n) is 7.94. The van der Waals surface area contributed by atoms with Gasteiger partial charge < -0.3 is 14.5 Å². The summed E-state index contributed by atoms with van der Waals surface area (Å²) >= 11 is 0. The van der Waals surface area contributed by atoms with Crippen LogP contribution in [-0.2, 0) is 9.53 Å². The molecule has 1 aliphatic rings. The zero-order valence-corrected chi connectivity index (χ0v) is 14.2. The number of hydrogen-bond donors (Lipinski definition) is 1. The fourth-order valence-corrected chi connectivity index (χ4v) is 2.70. The number of amides is 2. The van der Waals surface area contributed by atoms with Crippen LogP contribution in [0.3, 0.4) is 0 Å². The lowest BCUT2D eigenvalue weighted by atomic mass is 10.1. The molecule has 1 aliphatic heterocycles. The molecule has 0 radical (unpaired) electrons. The summed E-state index contributed by atoms with van der Waals surface area (Å²) in [7, 11) is 0. The van der Waals surface area contributed by atoms with E-state index in [0.29, 0.717) is 22.7 Å². The molecular weight excluding hydrogens is 324 g/mol. The molecule has 7 heteroatoms. The van der Waals surface area contributed by atoms with Crippen LogP contribution in [0.15, 0.2) is 34.7 Å². The van der Waals surface area contributed by atoms with Crippen LogP contribution in [0, 0.1) is 6.92 Å². The Balaban J connectivity index is 2.02. The average Bonchev–Trinajstić information content (AvgIpc) is 3.02. The van der Waals surface area contributed by atoms with Crippen molar-refractivity contribution in [3.8, 4) is 0 Å². The number of nitrogens with zero attached hydrogens (tertiary/aromatic N) is 1. The van der Waals surface area contributed by atoms with Crippen molar-refractivity contribution in [3.63, 3.8) is 0 Å². The van der Waals surface area contributed by atoms with E-state index >= 15 is 0 Å². The molecule has 0 fully saturated rings. The van der Waals surface area contributed by atoms with Crippen molar-refractivity contribution in [1.29, 1.82) is 0 Å². The molecule has 2 heterocycles. The Morgan fingerprint density at radius 2 is 2.04 bits per heavy atom. The van der Waals surface area contributed by atoms with Gasteiger partial charge in [-0.1, -0.05) is 0 Å². The van der Waals surface area contributed by atoms with Crippen molar-refractivity contribution in [3.05, 3.63) is 47.4 Å². The van der Waals surface area contributed by atoms with Gasteiger partial charge in [0.05, 0.1) is 23.5 Å². The number of carbonyl (C=O) groups is 3. The molecule has 0 saturated carbocycles. The summed E-state index contributed by atoms with van der Waals surface area (Å²) in [5, 5.41) is 2.72. The predicted molar refractivity (Wildman–Crippen MR) is 90.7 cm³/mol. The maximum Gasteiger partial charge on any atom is 0.338 e. The topological polar surface area (TPSA) is 88.9 Å². The molecule has 3 rings (SSSR count). The highest BCUT2D eigenvalue weighted by Gasteiger charge is 2.35. The zero-order chi connectivity index (χ0) is 18.1. The second-order valence-electron chi connectivity index (χ2n) is 5.70. The number of nitrogens with one attached hydrogen (secondary N) is 1. The van der Waals surface area contributed by atoms with Crippen LogP contribution in [0.5, 0.6) is 0 Å². The van der Waals surface area contributed by atoms with Gasteiger partial charge >= 0.3 is 5.97 Å². The number of anilines is 2. The second kappa shape index (κ2) is 6.43. The summed E-state index contributed by atoms with van der Waals surface area (Å²) in [5.41, 5.74) is 1.18. The van der Waals surface area contributed by atoms with Crippen LogP contribution in [0.1, 0.15) is 40.5 Å². The molecule has 2 amide bonds. The van der Waals surface area contributed by atoms with Crippen molar-refractivity contribution in [2.75, 3.05) is 16.8 Å². The van der Waals surface area contributed by atoms with Crippen LogP contribution in [-0.4, -0.2) is 30.4 Å². The minimum atomic E-state index is -0.709. The van der Waals surface area contributed by atoms with E-state index in [9.17, 15) is 14.4 Å². The summed E-state index contributed by atoms with van der Waals surface area (Å²) in [6.45, 7) is 5.33. The summed E-state index contributed by atoms with van der Waals surface area (Å²) in [6, 6.07) is 7.24. The maximum absolute atomic E-state index is 12.8. The third-order valence-corrected chi connectivity index (χ3v) is 3.96. The van der Waals surface area contributed by atoms with E-state index in [0.717, 1.165) is 0 Å². The number of benzene rings is 1. The lowest BCUT2D eigenvalue weighted by molar-refractivity contribution is -0.117. The molecule has 1 aromatic carbocycles. The fourth-order valence-electron chi connectivity index (χ4n) is 2.70. The molecule has 7 nitrogen and oxygen atoms in total. The van der Waals surface area contributed by atoms with Gasteiger partial charge in [-0.15, -0.1) is 0 Å². The number of carbonyl (C=O) groups excluding carboxylic acids is 3. The molecule has 0 unspecified atom stereocenters. The van der Waals surface area contributed by atoms with Crippen LogP contribution >= 0.6 is 0 Å². The molecule has 0 aliphatic carbocycles. The zero-order valence-electron chi connectivity index (χ0n) is 14.2. The van der Waals surface area contributed by atoms with E-state index in [1.54, 1.807) is 45.0 Å². The summed E-state index contributed by atoms with van der Waals surface area (Å²) < 4.78 is 10.4. The molecule has 1 N–H and O–H groups in total. The first kappa shape index (κ1) is 16.8. The van der Waals surface area contributed by atoms with Crippen LogP contribution < -0.4 is 10.2 Å². The predicted octanol–water partition coefficient (Wildman–Crippen LogP) is 2.75. The van der Waals surface area contributed by atoms with Gasteiger partial charge in [-0.25, -0.2) is 4.79 Å². The van der Waals surface area contributed by atoms with E-state index in [1.165, 1.54) is 11.0 Å². The average molecular weight is 342 g/mol. The number of esters is 1. The number of furan rings is 1. The highest BCUT2D eigenvalue weighted by atomic mass is 16.5. The summed E-state index contributed by atoms with van der Waals surface area (Å²) in [6.07, 6.45) is 0. The van der Waals surface area contributed by atoms with Gasteiger partial charge in [0.2, 0.25) is 5.91 Å². The van der Waals surface area contributed by atoms with Gasteiger partial charge in [0.1, 0.15) is 11.8 Å². The van der Waals surface area contributed by atoms with Gasteiger partial charge in [-0.2, -0.15) is 0 Å². The second-order valence-corrected chi connectivity index (χ2v) is 5.70. The molecule has 0 saturated heterocycles. The summed E-state index contributed by atoms with van der Waals surface area (Å²) in [4.78, 5) is 38.3. The van der Waals surface area contributed by atoms with Gasteiger partial charge in [0, 0.05) is 0 Å². The monoisotopic (exact) mass is 342 g/mol. The molecule has 0 bridgehead atoms. The molecule has 25 heavy (non-hydrogen) atoms. The van der Waals surface area contributed by atoms with Crippen molar-refractivity contribution < 1.29 is 23.5 Å². The molecule has 0 spiro atoms. The van der Waals surface area contributed by atoms with E-state index in [-0.39, 0.29) is 18.3 Å². The third-order valence-electron chi connectivity index (χ3n) is 3.96. The van der Waals surface area contributed by atoms with Crippen molar-refractivity contribution in [1.82, 2.24) is 0 Å². The molecule has 1 aromatic heterocycles. The number of aryl methyl sites for hydroxylation is 1. The Labute approximate surface area is 144 Å². The van der Waals surface area contributed by atoms with Gasteiger partial charge in [-0.05, 0) is 51.1 Å². The molecule has 130 valence electrons. The normalized spacial score (nSPS) is 16.2. The SMILES string of the molecule is CCOC(=O)c1ccc2c(c1)NC(=O)[C@H](C)N2C(=O)c1ccc(C)o1. The Kier molecular flexibility index (Phi) is 4.31. The lowest BCUT2D eigenvalue weighted by Gasteiger charge is -2.34. The minimum absolute atomic E-state index is 0.152. The fraction of sp³-hybridized carbons (Fsp3) is 0.278. The largest absolute Gasteiger partial charge is 0.462 e. The number of ether oxygens (including phenoxy) is 1. The maximum atomic E-state index is 12.8. The van der Waals surface area contributed by atoms with Crippen LogP contribution in [0.2, 0.25) is 0 Å². The number of rotatable bonds is 3. The van der Waals surface area contributed by atoms with E-state index < -0.39 is 17.9 Å². The Morgan fingerprint density at radius 1 is 1.28 bits per heavy atom. The lowest BCUT2D eigenvalue weighted by Crippen LogP contribution is -2.49. The van der Waals surface area contributed by atoms with E-state index in [1.807, 2.05) is 0 Å². The van der Waals surface area contributed by atoms with Crippen molar-refractivity contribution in [2.45, 2.75) is 26.8 Å². The van der Waals surface area contributed by atoms with Crippen LogP contribution in [0.25, 0.3) is 0 Å². The first-order valence-corrected chi connectivity index (χ1v) is 7.94. The van der Waals surface area contributed by atoms with Gasteiger partial charge in [0.25, 0.3) is 5.91 Å². The Hall–Kier alpha value is -3.09. The Bertz CT molecular complexity index is 855. The summed E-state index contributed by atoms with van der Waals surface area (Å²) in [5.74, 6) is -0.488. The molecule has 2 aromatic rings. The van der Waals surface area contributed by atoms with E-state index in [4.69, 9.17) is 9.15 Å². The highest BCUT2D eigenvalue weighted by Crippen LogP contribution is 2.34. The third kappa shape index (κ3) is 3.00. The number of hydrogen-bond acceptors (Lipinski definition) is 5. The standard InChI is InChI=1S/C18H18N2O5/c1-4-24-18(23)12-6-7-14-13(9-12)19-16(21)11(3)20(14)17(22)15-8-5-10(2)25-15/h5-9,11H,4H2,1-3H3,(H,19,21)/t11-/m0/s1. The first-order chi connectivity index (χ1) is 11.9. The minimum Gasteiger partial charge on any atom is -0.462 e. The van der Waals surface area contributed by atoms with Crippen molar-refractivity contribution >= 4 is 29.2 Å². The van der Waals surface area contributed by atoms with Gasteiger partial charge in [0.15, 0.2) is 5.76 Å². The molecular formula is C18H18N2O5. The smallest absolute Gasteiger partial charge is 0.338 e. The van der Waals surface area contributed by atoms with Crippen LogP contribution in [0.4, 0.5) is 11.4 Å². The van der Waals surface area contributed by atoms with Gasteiger partial charge in [-0.3, -0.25) is 14.5 Å². The molecule has 1 atom stereocenters. The number of fused-ring (bicyclic) bond motifs is 1. The quantitative estimate of drug-likeness (QED) is 0.867. The highest BCUT2D eigenvalue weighted by molar-refractivity contribution is 6.16.